The zero-order valence-electron chi connectivity index (χ0n) is 8.39. The van der Waals surface area contributed by atoms with Crippen LogP contribution >= 0.6 is 11.3 Å². The van der Waals surface area contributed by atoms with Crippen LogP contribution in [-0.2, 0) is 9.84 Å². The molecular weight excluding hydrogens is 232 g/mol. The summed E-state index contributed by atoms with van der Waals surface area (Å²) in [7, 11) is -2.96. The van der Waals surface area contributed by atoms with E-state index >= 15 is 0 Å². The molecule has 0 amide bonds. The Hall–Kier alpha value is -0.680. The second-order valence-corrected chi connectivity index (χ2v) is 7.20. The summed E-state index contributed by atoms with van der Waals surface area (Å²) in [5, 5.41) is 1.87. The first-order valence-corrected chi connectivity index (χ1v) is 7.48. The summed E-state index contributed by atoms with van der Waals surface area (Å²) in [6.45, 7) is 1.89. The molecule has 15 heavy (non-hydrogen) atoms. The number of carbonyl (C=O) groups is 1. The molecule has 3 nitrogen and oxygen atoms in total. The average molecular weight is 244 g/mol. The summed E-state index contributed by atoms with van der Waals surface area (Å²) in [5.41, 5.74) is 0.696. The van der Waals surface area contributed by atoms with E-state index in [9.17, 15) is 13.2 Å². The fraction of sp³-hybridized carbons (Fsp3) is 0.500. The van der Waals surface area contributed by atoms with Crippen LogP contribution in [0.1, 0.15) is 21.7 Å². The number of ketones is 1. The van der Waals surface area contributed by atoms with Gasteiger partial charge in [0, 0.05) is 16.4 Å². The van der Waals surface area contributed by atoms with Crippen molar-refractivity contribution in [3.63, 3.8) is 0 Å². The van der Waals surface area contributed by atoms with Crippen molar-refractivity contribution < 1.29 is 13.2 Å². The lowest BCUT2D eigenvalue weighted by Gasteiger charge is -2.05. The molecule has 0 aromatic carbocycles. The van der Waals surface area contributed by atoms with Crippen LogP contribution in [0.4, 0.5) is 0 Å². The number of hydrogen-bond donors (Lipinski definition) is 0. The smallest absolute Gasteiger partial charge is 0.168 e. The third kappa shape index (κ3) is 2.13. The van der Waals surface area contributed by atoms with Crippen LogP contribution in [0.25, 0.3) is 0 Å². The van der Waals surface area contributed by atoms with Crippen LogP contribution in [0, 0.1) is 12.8 Å². The largest absolute Gasteiger partial charge is 0.294 e. The molecule has 2 heterocycles. The Balaban J connectivity index is 2.21. The number of rotatable bonds is 2. The molecule has 82 valence electrons. The maximum atomic E-state index is 12.0. The van der Waals surface area contributed by atoms with Gasteiger partial charge in [0.15, 0.2) is 15.6 Å². The Morgan fingerprint density at radius 1 is 1.53 bits per heavy atom. The Morgan fingerprint density at radius 2 is 2.27 bits per heavy atom. The van der Waals surface area contributed by atoms with Crippen LogP contribution in [0.15, 0.2) is 11.4 Å². The Bertz CT molecular complexity index is 485. The van der Waals surface area contributed by atoms with Gasteiger partial charge in [0.25, 0.3) is 0 Å². The summed E-state index contributed by atoms with van der Waals surface area (Å²) >= 11 is 1.52. The SMILES string of the molecule is Cc1sccc1C(=O)C1CCS(=O)(=O)C1. The molecule has 1 atom stereocenters. The highest BCUT2D eigenvalue weighted by atomic mass is 32.2. The van der Waals surface area contributed by atoms with Crippen LogP contribution in [0.5, 0.6) is 0 Å². The highest BCUT2D eigenvalue weighted by Crippen LogP contribution is 2.25. The van der Waals surface area contributed by atoms with Crippen LogP contribution in [0.3, 0.4) is 0 Å². The Morgan fingerprint density at radius 3 is 2.73 bits per heavy atom. The van der Waals surface area contributed by atoms with Crippen molar-refractivity contribution in [2.24, 2.45) is 5.92 Å². The van der Waals surface area contributed by atoms with Crippen molar-refractivity contribution >= 4 is 27.0 Å². The molecule has 1 saturated heterocycles. The highest BCUT2D eigenvalue weighted by molar-refractivity contribution is 7.91. The first-order valence-electron chi connectivity index (χ1n) is 4.78. The number of hydrogen-bond acceptors (Lipinski definition) is 4. The number of sulfone groups is 1. The predicted molar refractivity (Wildman–Crippen MR) is 60.1 cm³/mol. The van der Waals surface area contributed by atoms with Gasteiger partial charge in [-0.25, -0.2) is 8.42 Å². The van der Waals surface area contributed by atoms with E-state index in [1.165, 1.54) is 11.3 Å². The molecule has 0 spiro atoms. The van der Waals surface area contributed by atoms with Crippen molar-refractivity contribution in [2.45, 2.75) is 13.3 Å². The minimum Gasteiger partial charge on any atom is -0.294 e. The first-order chi connectivity index (χ1) is 6.99. The molecule has 1 fully saturated rings. The zero-order valence-corrected chi connectivity index (χ0v) is 10.0. The van der Waals surface area contributed by atoms with E-state index in [1.54, 1.807) is 6.07 Å². The van der Waals surface area contributed by atoms with Gasteiger partial charge in [-0.2, -0.15) is 0 Å². The average Bonchev–Trinajstić information content (AvgIpc) is 2.71. The molecule has 1 aromatic heterocycles. The molecule has 0 radical (unpaired) electrons. The number of aryl methyl sites for hydroxylation is 1. The maximum Gasteiger partial charge on any atom is 0.168 e. The molecule has 0 aliphatic carbocycles. The van der Waals surface area contributed by atoms with E-state index in [0.29, 0.717) is 12.0 Å². The maximum absolute atomic E-state index is 12.0. The second kappa shape index (κ2) is 3.72. The van der Waals surface area contributed by atoms with Crippen LogP contribution in [-0.4, -0.2) is 25.7 Å². The fourth-order valence-corrected chi connectivity index (χ4v) is 4.31. The first kappa shape index (κ1) is 10.8. The molecular formula is C10H12O3S2. The fourth-order valence-electron chi connectivity index (χ4n) is 1.86. The Kier molecular flexibility index (Phi) is 2.68. The molecule has 1 aromatic rings. The summed E-state index contributed by atoms with van der Waals surface area (Å²) in [6.07, 6.45) is 0.483. The molecule has 2 rings (SSSR count). The van der Waals surface area contributed by atoms with Gasteiger partial charge in [-0.15, -0.1) is 11.3 Å². The molecule has 1 aliphatic heterocycles. The lowest BCUT2D eigenvalue weighted by Crippen LogP contribution is -2.16. The van der Waals surface area contributed by atoms with E-state index in [4.69, 9.17) is 0 Å². The van der Waals surface area contributed by atoms with Crippen molar-refractivity contribution in [1.29, 1.82) is 0 Å². The number of Topliss-reactive ketones (excluding diaryl/α,β-unsaturated/α-hetero) is 1. The zero-order chi connectivity index (χ0) is 11.1. The minimum atomic E-state index is -2.96. The summed E-state index contributed by atoms with van der Waals surface area (Å²) < 4.78 is 22.5. The van der Waals surface area contributed by atoms with Crippen molar-refractivity contribution in [1.82, 2.24) is 0 Å². The Labute approximate surface area is 93.0 Å². The van der Waals surface area contributed by atoms with Gasteiger partial charge in [0.1, 0.15) is 0 Å². The molecule has 1 aliphatic rings. The normalized spacial score (nSPS) is 24.2. The lowest BCUT2D eigenvalue weighted by molar-refractivity contribution is 0.0933. The van der Waals surface area contributed by atoms with Gasteiger partial charge in [-0.05, 0) is 24.8 Å². The summed E-state index contributed by atoms with van der Waals surface area (Å²) in [4.78, 5) is 12.9. The summed E-state index contributed by atoms with van der Waals surface area (Å²) in [5.74, 6) is -0.133. The molecule has 1 unspecified atom stereocenters. The monoisotopic (exact) mass is 244 g/mol. The quantitative estimate of drug-likeness (QED) is 0.744. The topological polar surface area (TPSA) is 51.2 Å². The van der Waals surface area contributed by atoms with Gasteiger partial charge in [0.2, 0.25) is 0 Å². The van der Waals surface area contributed by atoms with Gasteiger partial charge in [-0.1, -0.05) is 0 Å². The van der Waals surface area contributed by atoms with E-state index in [-0.39, 0.29) is 23.2 Å². The van der Waals surface area contributed by atoms with Crippen molar-refractivity contribution in [3.05, 3.63) is 21.9 Å². The minimum absolute atomic E-state index is 0.00479. The molecule has 0 saturated carbocycles. The van der Waals surface area contributed by atoms with Crippen molar-refractivity contribution in [2.75, 3.05) is 11.5 Å². The summed E-state index contributed by atoms with van der Waals surface area (Å²) in [6, 6.07) is 1.78. The van der Waals surface area contributed by atoms with E-state index in [2.05, 4.69) is 0 Å². The van der Waals surface area contributed by atoms with Crippen molar-refractivity contribution in [3.8, 4) is 0 Å². The van der Waals surface area contributed by atoms with Gasteiger partial charge >= 0.3 is 0 Å². The molecule has 0 bridgehead atoms. The third-order valence-corrected chi connectivity index (χ3v) is 5.34. The molecule has 5 heteroatoms. The number of carbonyl (C=O) groups excluding carboxylic acids is 1. The predicted octanol–water partition coefficient (Wildman–Crippen LogP) is 1.67. The van der Waals surface area contributed by atoms with Gasteiger partial charge < -0.3 is 0 Å². The van der Waals surface area contributed by atoms with Crippen LogP contribution in [0.2, 0.25) is 0 Å². The molecule has 0 N–H and O–H groups in total. The highest BCUT2D eigenvalue weighted by Gasteiger charge is 2.33. The second-order valence-electron chi connectivity index (χ2n) is 3.85. The van der Waals surface area contributed by atoms with E-state index in [1.807, 2.05) is 12.3 Å². The standard InChI is InChI=1S/C10H12O3S2/c1-7-9(2-4-14-7)10(11)8-3-5-15(12,13)6-8/h2,4,8H,3,5-6H2,1H3. The third-order valence-electron chi connectivity index (χ3n) is 2.73. The van der Waals surface area contributed by atoms with E-state index < -0.39 is 9.84 Å². The van der Waals surface area contributed by atoms with Gasteiger partial charge in [0.05, 0.1) is 11.5 Å². The van der Waals surface area contributed by atoms with Gasteiger partial charge in [-0.3, -0.25) is 4.79 Å². The van der Waals surface area contributed by atoms with Crippen LogP contribution < -0.4 is 0 Å². The number of thiophene rings is 1. The van der Waals surface area contributed by atoms with E-state index in [0.717, 1.165) is 4.88 Å². The lowest BCUT2D eigenvalue weighted by atomic mass is 9.98.